The Morgan fingerprint density at radius 3 is 1.45 bits per heavy atom. The number of hydrogen-bond donors (Lipinski definition) is 6. The fourth-order valence-corrected chi connectivity index (χ4v) is 4.00. The van der Waals surface area contributed by atoms with E-state index in [0.717, 1.165) is 0 Å². The van der Waals surface area contributed by atoms with Crippen LogP contribution in [0.2, 0.25) is 0 Å². The molecule has 0 bridgehead atoms. The Morgan fingerprint density at radius 2 is 1.24 bits per heavy atom. The largest absolute Gasteiger partial charge is 0.759 e. The predicted octanol–water partition coefficient (Wildman–Crippen LogP) is -4.67. The smallest absolute Gasteiger partial charge is 0.300 e. The van der Waals surface area contributed by atoms with Crippen LogP contribution in [0.1, 0.15) is 26.7 Å². The second kappa shape index (κ2) is 12.3. The van der Waals surface area contributed by atoms with Crippen molar-refractivity contribution in [2.24, 2.45) is 11.5 Å². The van der Waals surface area contributed by atoms with E-state index in [1.807, 2.05) is 0 Å². The summed E-state index contributed by atoms with van der Waals surface area (Å²) in [6.07, 6.45) is 1.27. The molecule has 4 atom stereocenters. The summed E-state index contributed by atoms with van der Waals surface area (Å²) in [6, 6.07) is 0. The minimum absolute atomic E-state index is 0.0451. The fraction of sp³-hybridized carbons (Fsp3) is 0.857. The number of nitrogens with two attached hydrogens (primary N) is 4. The van der Waals surface area contributed by atoms with E-state index < -0.39 is 21.6 Å². The van der Waals surface area contributed by atoms with Gasteiger partial charge in [-0.25, -0.2) is 0 Å². The Balaban J connectivity index is 0.000000442. The average molecular weight is 479 g/mol. The standard InChI is InChI=1S/2C7H14N2O2S.H2O4S/c2*1-7(10)2-3-11-4-5(7)12-6(8)9;1-5(2,3)4/h2*5,10H,2-4H2,1H3,(H3,8,9);(H2,1,2,3,4). The first kappa shape index (κ1) is 28.4. The molecule has 2 rings (SSSR count). The lowest BCUT2D eigenvalue weighted by atomic mass is 9.97. The lowest BCUT2D eigenvalue weighted by molar-refractivity contribution is -0.111. The summed E-state index contributed by atoms with van der Waals surface area (Å²) in [6.45, 7) is 5.81. The molecule has 2 saturated heterocycles. The normalized spacial score (nSPS) is 32.1. The van der Waals surface area contributed by atoms with Crippen molar-refractivity contribution in [3.63, 3.8) is 0 Å². The first-order valence-electron chi connectivity index (χ1n) is 8.40. The molecule has 0 aromatic carbocycles. The van der Waals surface area contributed by atoms with Gasteiger partial charge in [-0.2, -0.15) is 0 Å². The number of aliphatic hydroxyl groups is 2. The molecule has 0 spiro atoms. The first-order chi connectivity index (χ1) is 13.0. The summed E-state index contributed by atoms with van der Waals surface area (Å²) in [4.78, 5) is 0. The highest BCUT2D eigenvalue weighted by molar-refractivity contribution is 8.14. The summed E-state index contributed by atoms with van der Waals surface area (Å²) >= 11 is 2.56. The van der Waals surface area contributed by atoms with Crippen molar-refractivity contribution in [2.75, 3.05) is 26.4 Å². The molecule has 10 N–H and O–H groups in total. The summed E-state index contributed by atoms with van der Waals surface area (Å²) in [5.74, 6) is 0. The number of hydrogen-bond acceptors (Lipinski definition) is 10. The second-order valence-electron chi connectivity index (χ2n) is 6.79. The van der Waals surface area contributed by atoms with Gasteiger partial charge in [-0.3, -0.25) is 30.7 Å². The lowest BCUT2D eigenvalue weighted by Crippen LogP contribution is -2.50. The van der Waals surface area contributed by atoms with Crippen LogP contribution < -0.4 is 22.3 Å². The highest BCUT2D eigenvalue weighted by atomic mass is 32.3. The minimum atomic E-state index is -5.17. The van der Waals surface area contributed by atoms with Crippen molar-refractivity contribution in [1.82, 2.24) is 0 Å². The zero-order valence-electron chi connectivity index (χ0n) is 16.3. The average Bonchev–Trinajstić information content (AvgIpc) is 2.50. The maximum absolute atomic E-state index is 9.86. The van der Waals surface area contributed by atoms with Crippen molar-refractivity contribution >= 4 is 44.3 Å². The molecule has 0 amide bonds. The first-order valence-corrected chi connectivity index (χ1v) is 11.5. The van der Waals surface area contributed by atoms with Gasteiger partial charge >= 0.3 is 0 Å². The van der Waals surface area contributed by atoms with Gasteiger partial charge in [0.15, 0.2) is 0 Å². The topological polar surface area (TPSA) is 242 Å². The molecule has 4 unspecified atom stereocenters. The van der Waals surface area contributed by atoms with Crippen molar-refractivity contribution < 1.29 is 48.0 Å². The quantitative estimate of drug-likeness (QED) is 0.0949. The van der Waals surface area contributed by atoms with Crippen LogP contribution in [0.4, 0.5) is 0 Å². The van der Waals surface area contributed by atoms with E-state index in [1.54, 1.807) is 13.8 Å². The van der Waals surface area contributed by atoms with E-state index >= 15 is 0 Å². The van der Waals surface area contributed by atoms with Crippen LogP contribution >= 0.6 is 23.5 Å². The molecule has 0 aromatic rings. The summed E-state index contributed by atoms with van der Waals surface area (Å²) in [5.41, 5.74) is 9.24. The van der Waals surface area contributed by atoms with Gasteiger partial charge in [0.05, 0.1) is 34.9 Å². The molecule has 2 heterocycles. The van der Waals surface area contributed by atoms with E-state index in [2.05, 4.69) is 0 Å². The van der Waals surface area contributed by atoms with Gasteiger partial charge in [-0.05, 0) is 37.4 Å². The number of rotatable bonds is 2. The van der Waals surface area contributed by atoms with Crippen molar-refractivity contribution in [3.8, 4) is 0 Å². The third-order valence-corrected chi connectivity index (χ3v) is 6.39. The van der Waals surface area contributed by atoms with Crippen LogP contribution in [-0.4, -0.2) is 86.2 Å². The maximum Gasteiger partial charge on any atom is 0.300 e. The minimum Gasteiger partial charge on any atom is -0.759 e. The van der Waals surface area contributed by atoms with Gasteiger partial charge < -0.3 is 28.8 Å². The Labute approximate surface area is 178 Å². The predicted molar refractivity (Wildman–Crippen MR) is 108 cm³/mol. The summed E-state index contributed by atoms with van der Waals surface area (Å²) < 4.78 is 44.5. The van der Waals surface area contributed by atoms with Gasteiger partial charge in [0, 0.05) is 36.5 Å². The van der Waals surface area contributed by atoms with E-state index in [-0.39, 0.29) is 20.8 Å². The van der Waals surface area contributed by atoms with Crippen LogP contribution in [0.15, 0.2) is 0 Å². The van der Waals surface area contributed by atoms with Crippen LogP contribution in [-0.2, 0) is 19.9 Å². The molecule has 172 valence electrons. The van der Waals surface area contributed by atoms with Crippen LogP contribution in [0.5, 0.6) is 0 Å². The van der Waals surface area contributed by atoms with E-state index in [9.17, 15) is 10.2 Å². The lowest BCUT2D eigenvalue weighted by Gasteiger charge is -2.35. The van der Waals surface area contributed by atoms with Gasteiger partial charge in [-0.15, -0.1) is 0 Å². The number of amidine groups is 2. The highest BCUT2D eigenvalue weighted by Gasteiger charge is 2.38. The molecule has 2 aliphatic heterocycles. The van der Waals surface area contributed by atoms with Crippen LogP contribution in [0, 0.1) is 0 Å². The molecule has 12 nitrogen and oxygen atoms in total. The van der Waals surface area contributed by atoms with Crippen LogP contribution in [0.3, 0.4) is 0 Å². The highest BCUT2D eigenvalue weighted by Crippen LogP contribution is 2.30. The summed E-state index contributed by atoms with van der Waals surface area (Å²) in [7, 11) is -5.17. The molecule has 0 aromatic heterocycles. The number of ether oxygens (including phenoxy) is 2. The van der Waals surface area contributed by atoms with E-state index in [4.69, 9.17) is 49.3 Å². The third-order valence-electron chi connectivity index (χ3n) is 3.99. The second-order valence-corrected chi connectivity index (χ2v) is 10.2. The molecule has 29 heavy (non-hydrogen) atoms. The zero-order chi connectivity index (χ0) is 22.9. The Bertz CT molecular complexity index is 597. The van der Waals surface area contributed by atoms with Gasteiger partial charge in [0.2, 0.25) is 0 Å². The number of thioether (sulfide) groups is 2. The van der Waals surface area contributed by atoms with Gasteiger partial charge in [0.1, 0.15) is 0 Å². The molecule has 0 aliphatic carbocycles. The Kier molecular flexibility index (Phi) is 12.0. The SMILES string of the molecule is CC1(O)CCOCC1SC(N)=[NH2+].CC1(O)CCOCC1SC(N)=[NH2+].O=S(=O)([O-])[O-]. The van der Waals surface area contributed by atoms with Crippen molar-refractivity contribution in [2.45, 2.75) is 48.4 Å². The van der Waals surface area contributed by atoms with Gasteiger partial charge in [-0.1, -0.05) is 0 Å². The van der Waals surface area contributed by atoms with Crippen LogP contribution in [0.25, 0.3) is 0 Å². The molecular formula is C14H30N4O8S3. The zero-order valence-corrected chi connectivity index (χ0v) is 18.7. The van der Waals surface area contributed by atoms with E-state index in [0.29, 0.717) is 39.3 Å². The Hall–Kier alpha value is -0.650. The monoisotopic (exact) mass is 478 g/mol. The Morgan fingerprint density at radius 1 is 0.966 bits per heavy atom. The molecule has 2 aliphatic rings. The molecule has 15 heteroatoms. The van der Waals surface area contributed by atoms with Crippen molar-refractivity contribution in [1.29, 1.82) is 0 Å². The maximum atomic E-state index is 9.86. The molecule has 2 fully saturated rings. The van der Waals surface area contributed by atoms with Gasteiger partial charge in [0.25, 0.3) is 10.3 Å². The van der Waals surface area contributed by atoms with Crippen molar-refractivity contribution in [3.05, 3.63) is 0 Å². The fourth-order valence-electron chi connectivity index (χ4n) is 2.27. The molecular weight excluding hydrogens is 448 g/mol. The molecule has 0 radical (unpaired) electrons. The third kappa shape index (κ3) is 14.1. The summed E-state index contributed by atoms with van der Waals surface area (Å²) in [5, 5.41) is 30.9. The molecule has 0 saturated carbocycles. The van der Waals surface area contributed by atoms with E-state index in [1.165, 1.54) is 23.5 Å².